The Morgan fingerprint density at radius 2 is 1.49 bits per heavy atom. The number of carbonyl (C=O) groups is 2. The Bertz CT molecular complexity index is 1160. The fraction of sp³-hybridized carbons (Fsp3) is 0.200. The van der Waals surface area contributed by atoms with Crippen LogP contribution in [0.3, 0.4) is 0 Å². The van der Waals surface area contributed by atoms with Gasteiger partial charge < -0.3 is 9.47 Å². The lowest BCUT2D eigenvalue weighted by atomic mass is 9.98. The number of benzene rings is 3. The molecule has 3 aromatic rings. The number of hydrogen-bond acceptors (Lipinski definition) is 4. The molecule has 3 aromatic carbocycles. The number of aldehydes is 1. The van der Waals surface area contributed by atoms with Gasteiger partial charge in [-0.3, -0.25) is 4.79 Å². The molecule has 3 rings (SSSR count). The van der Waals surface area contributed by atoms with E-state index in [0.29, 0.717) is 23.3 Å². The van der Waals surface area contributed by atoms with Crippen LogP contribution in [-0.2, 0) is 20.7 Å². The van der Waals surface area contributed by atoms with Gasteiger partial charge in [0.15, 0.2) is 0 Å². The van der Waals surface area contributed by atoms with Crippen molar-refractivity contribution in [3.05, 3.63) is 102 Å². The largest absolute Gasteiger partial charge is 0.497 e. The lowest BCUT2D eigenvalue weighted by Crippen LogP contribution is -2.06. The first-order valence-electron chi connectivity index (χ1n) is 11.2. The second kappa shape index (κ2) is 13.7. The summed E-state index contributed by atoms with van der Waals surface area (Å²) < 4.78 is 25.0. The molecular formula is C30H31FO4. The molecule has 0 saturated heterocycles. The molecule has 0 bridgehead atoms. The van der Waals surface area contributed by atoms with Crippen LogP contribution >= 0.6 is 0 Å². The van der Waals surface area contributed by atoms with Gasteiger partial charge in [0.25, 0.3) is 0 Å². The summed E-state index contributed by atoms with van der Waals surface area (Å²) >= 11 is 0. The first kappa shape index (κ1) is 27.3. The van der Waals surface area contributed by atoms with Crippen molar-refractivity contribution in [2.45, 2.75) is 26.7 Å². The number of methoxy groups -OCH3 is 1. The highest BCUT2D eigenvalue weighted by molar-refractivity contribution is 5.86. The van der Waals surface area contributed by atoms with Crippen molar-refractivity contribution in [1.82, 2.24) is 0 Å². The smallest absolute Gasteiger partial charge is 0.333 e. The van der Waals surface area contributed by atoms with Crippen LogP contribution in [-0.4, -0.2) is 26.0 Å². The monoisotopic (exact) mass is 474 g/mol. The number of halogens is 1. The van der Waals surface area contributed by atoms with E-state index >= 15 is 0 Å². The van der Waals surface area contributed by atoms with Gasteiger partial charge in [0.2, 0.25) is 0 Å². The van der Waals surface area contributed by atoms with Crippen LogP contribution in [0.4, 0.5) is 4.39 Å². The number of carbonyl (C=O) groups excluding carboxylic acids is 2. The Balaban J connectivity index is 0.000000784. The van der Waals surface area contributed by atoms with E-state index in [4.69, 9.17) is 9.47 Å². The van der Waals surface area contributed by atoms with Crippen LogP contribution in [0, 0.1) is 5.82 Å². The van der Waals surface area contributed by atoms with Gasteiger partial charge in [-0.25, -0.2) is 9.18 Å². The molecule has 0 aromatic heterocycles. The molecule has 0 spiro atoms. The fourth-order valence-corrected chi connectivity index (χ4v) is 3.13. The first-order chi connectivity index (χ1) is 16.7. The number of hydrogen-bond donors (Lipinski definition) is 0. The standard InChI is InChI=1S/C26H25FO3.C4H6O/c1-18(2)26(28)30-16-4-5-19-6-8-20(9-7-19)22-12-15-24(25(27)17-22)21-10-13-23(29-3)14-11-21;1-4(2)3-5/h6-15,17H,1,4-5,16H2,2-3H3;3H,1H2,2H3. The number of rotatable bonds is 9. The van der Waals surface area contributed by atoms with Crippen molar-refractivity contribution in [2.24, 2.45) is 0 Å². The third-order valence-electron chi connectivity index (χ3n) is 5.05. The van der Waals surface area contributed by atoms with Gasteiger partial charge in [0.1, 0.15) is 17.9 Å². The third-order valence-corrected chi connectivity index (χ3v) is 5.05. The van der Waals surface area contributed by atoms with E-state index in [1.807, 2.05) is 54.6 Å². The molecule has 0 amide bonds. The zero-order valence-electron chi connectivity index (χ0n) is 20.5. The lowest BCUT2D eigenvalue weighted by Gasteiger charge is -2.09. The van der Waals surface area contributed by atoms with Gasteiger partial charge in [0.05, 0.1) is 13.7 Å². The second-order valence-corrected chi connectivity index (χ2v) is 8.10. The van der Waals surface area contributed by atoms with Crippen molar-refractivity contribution in [1.29, 1.82) is 0 Å². The Hall–Kier alpha value is -3.99. The molecular weight excluding hydrogens is 443 g/mol. The second-order valence-electron chi connectivity index (χ2n) is 8.10. The maximum absolute atomic E-state index is 14.7. The molecule has 0 aliphatic carbocycles. The summed E-state index contributed by atoms with van der Waals surface area (Å²) in [5.74, 6) is 0.122. The zero-order valence-corrected chi connectivity index (χ0v) is 20.5. The summed E-state index contributed by atoms with van der Waals surface area (Å²) in [5.41, 5.74) is 5.26. The summed E-state index contributed by atoms with van der Waals surface area (Å²) in [5, 5.41) is 0. The molecule has 35 heavy (non-hydrogen) atoms. The number of esters is 1. The fourth-order valence-electron chi connectivity index (χ4n) is 3.13. The van der Waals surface area contributed by atoms with Crippen LogP contribution in [0.2, 0.25) is 0 Å². The quantitative estimate of drug-likeness (QED) is 0.145. The Morgan fingerprint density at radius 1 is 0.914 bits per heavy atom. The van der Waals surface area contributed by atoms with Gasteiger partial charge in [-0.05, 0) is 72.7 Å². The zero-order chi connectivity index (χ0) is 25.8. The molecule has 0 fully saturated rings. The Kier molecular flexibility index (Phi) is 10.6. The predicted molar refractivity (Wildman–Crippen MR) is 139 cm³/mol. The molecule has 5 heteroatoms. The molecule has 0 unspecified atom stereocenters. The lowest BCUT2D eigenvalue weighted by molar-refractivity contribution is -0.139. The number of allylic oxidation sites excluding steroid dienone is 1. The summed E-state index contributed by atoms with van der Waals surface area (Å²) in [7, 11) is 1.61. The average Bonchev–Trinajstić information content (AvgIpc) is 2.87. The van der Waals surface area contributed by atoms with Crippen molar-refractivity contribution < 1.29 is 23.5 Å². The predicted octanol–water partition coefficient (Wildman–Crippen LogP) is 6.98. The molecule has 0 aliphatic rings. The normalized spacial score (nSPS) is 9.94. The SMILES string of the molecule is C=C(C)C(=O)OCCCc1ccc(-c2ccc(-c3ccc(OC)cc3)c(F)c2)cc1.C=C(C)C=O. The summed E-state index contributed by atoms with van der Waals surface area (Å²) in [6.45, 7) is 10.5. The maximum Gasteiger partial charge on any atom is 0.333 e. The highest BCUT2D eigenvalue weighted by Crippen LogP contribution is 2.29. The minimum Gasteiger partial charge on any atom is -0.497 e. The Labute approximate surface area is 206 Å². The van der Waals surface area contributed by atoms with Crippen molar-refractivity contribution >= 4 is 12.3 Å². The summed E-state index contributed by atoms with van der Waals surface area (Å²) in [6.07, 6.45) is 2.26. The van der Waals surface area contributed by atoms with Gasteiger partial charge in [-0.15, -0.1) is 0 Å². The van der Waals surface area contributed by atoms with E-state index in [1.54, 1.807) is 33.1 Å². The van der Waals surface area contributed by atoms with E-state index in [1.165, 1.54) is 0 Å². The molecule has 0 heterocycles. The Morgan fingerprint density at radius 3 is 2.00 bits per heavy atom. The van der Waals surface area contributed by atoms with Gasteiger partial charge >= 0.3 is 5.97 Å². The van der Waals surface area contributed by atoms with Crippen molar-refractivity contribution in [3.8, 4) is 28.0 Å². The summed E-state index contributed by atoms with van der Waals surface area (Å²) in [6, 6.07) is 20.6. The molecule has 0 atom stereocenters. The van der Waals surface area contributed by atoms with Gasteiger partial charge in [-0.1, -0.05) is 61.7 Å². The van der Waals surface area contributed by atoms with Gasteiger partial charge in [0, 0.05) is 11.1 Å². The van der Waals surface area contributed by atoms with Crippen LogP contribution in [0.15, 0.2) is 91.0 Å². The van der Waals surface area contributed by atoms with Crippen molar-refractivity contribution in [3.63, 3.8) is 0 Å². The number of ether oxygens (including phenoxy) is 2. The van der Waals surface area contributed by atoms with E-state index < -0.39 is 0 Å². The van der Waals surface area contributed by atoms with Crippen LogP contribution in [0.1, 0.15) is 25.8 Å². The van der Waals surface area contributed by atoms with E-state index in [2.05, 4.69) is 13.2 Å². The third kappa shape index (κ3) is 8.70. The maximum atomic E-state index is 14.7. The minimum atomic E-state index is -0.356. The molecule has 0 radical (unpaired) electrons. The first-order valence-corrected chi connectivity index (χ1v) is 11.2. The minimum absolute atomic E-state index is 0.263. The van der Waals surface area contributed by atoms with Crippen LogP contribution < -0.4 is 4.74 Å². The summed E-state index contributed by atoms with van der Waals surface area (Å²) in [4.78, 5) is 20.8. The topological polar surface area (TPSA) is 52.6 Å². The van der Waals surface area contributed by atoms with E-state index in [-0.39, 0.29) is 11.8 Å². The van der Waals surface area contributed by atoms with E-state index in [0.717, 1.165) is 47.1 Å². The van der Waals surface area contributed by atoms with Crippen LogP contribution in [0.25, 0.3) is 22.3 Å². The van der Waals surface area contributed by atoms with Crippen molar-refractivity contribution in [2.75, 3.05) is 13.7 Å². The van der Waals surface area contributed by atoms with E-state index in [9.17, 15) is 14.0 Å². The highest BCUT2D eigenvalue weighted by Gasteiger charge is 2.08. The van der Waals surface area contributed by atoms with Crippen LogP contribution in [0.5, 0.6) is 5.75 Å². The molecule has 0 aliphatic heterocycles. The molecule has 4 nitrogen and oxygen atoms in total. The number of aryl methyl sites for hydroxylation is 1. The van der Waals surface area contributed by atoms with Gasteiger partial charge in [-0.2, -0.15) is 0 Å². The molecule has 182 valence electrons. The molecule has 0 saturated carbocycles. The molecule has 0 N–H and O–H groups in total. The highest BCUT2D eigenvalue weighted by atomic mass is 19.1. The average molecular weight is 475 g/mol.